The Bertz CT molecular complexity index is 1410. The van der Waals surface area contributed by atoms with Crippen LogP contribution in [0.4, 0.5) is 4.79 Å². The van der Waals surface area contributed by atoms with E-state index >= 15 is 0 Å². The van der Waals surface area contributed by atoms with Gasteiger partial charge in [0, 0.05) is 12.8 Å². The van der Waals surface area contributed by atoms with Gasteiger partial charge in [-0.25, -0.2) is 9.59 Å². The molecular formula is C33H32N2O6. The molecule has 0 unspecified atom stereocenters. The predicted molar refractivity (Wildman–Crippen MR) is 154 cm³/mol. The van der Waals surface area contributed by atoms with Crippen LogP contribution in [-0.4, -0.2) is 35.2 Å². The van der Waals surface area contributed by atoms with E-state index in [1.54, 1.807) is 24.3 Å². The summed E-state index contributed by atoms with van der Waals surface area (Å²) in [5.41, 5.74) is 3.28. The second-order valence-electron chi connectivity index (χ2n) is 9.47. The molecule has 41 heavy (non-hydrogen) atoms. The highest BCUT2D eigenvalue weighted by atomic mass is 16.5. The largest absolute Gasteiger partial charge is 0.489 e. The van der Waals surface area contributed by atoms with Crippen LogP contribution in [0.5, 0.6) is 5.75 Å². The Balaban J connectivity index is 1.40. The number of alkyl carbamates (subject to hydrolysis) is 1. The third kappa shape index (κ3) is 9.54. The van der Waals surface area contributed by atoms with Crippen LogP contribution in [-0.2, 0) is 40.4 Å². The molecule has 0 fully saturated rings. The number of hydrogen-bond acceptors (Lipinski definition) is 5. The minimum absolute atomic E-state index is 0.0279. The van der Waals surface area contributed by atoms with Crippen LogP contribution in [0.25, 0.3) is 0 Å². The summed E-state index contributed by atoms with van der Waals surface area (Å²) in [5, 5.41) is 15.1. The number of nitrogens with one attached hydrogen (secondary N) is 2. The van der Waals surface area contributed by atoms with Crippen molar-refractivity contribution in [3.63, 3.8) is 0 Å². The number of carboxylic acids is 1. The summed E-state index contributed by atoms with van der Waals surface area (Å²) in [6.07, 6.45) is -0.595. The fraction of sp³-hybridized carbons (Fsp3) is 0.182. The summed E-state index contributed by atoms with van der Waals surface area (Å²) in [7, 11) is 0. The van der Waals surface area contributed by atoms with Gasteiger partial charge in [0.1, 0.15) is 31.0 Å². The van der Waals surface area contributed by atoms with Crippen molar-refractivity contribution < 1.29 is 29.0 Å². The molecule has 0 aliphatic carbocycles. The van der Waals surface area contributed by atoms with Crippen LogP contribution in [0.1, 0.15) is 22.3 Å². The number of amides is 2. The van der Waals surface area contributed by atoms with E-state index in [0.29, 0.717) is 17.9 Å². The highest BCUT2D eigenvalue weighted by Crippen LogP contribution is 2.17. The molecule has 0 aliphatic heterocycles. The molecular weight excluding hydrogens is 520 g/mol. The van der Waals surface area contributed by atoms with E-state index in [-0.39, 0.29) is 19.4 Å². The van der Waals surface area contributed by atoms with Crippen molar-refractivity contribution in [3.8, 4) is 5.75 Å². The van der Waals surface area contributed by atoms with Gasteiger partial charge in [0.15, 0.2) is 0 Å². The topological polar surface area (TPSA) is 114 Å². The first-order valence-corrected chi connectivity index (χ1v) is 13.3. The number of carbonyl (C=O) groups excluding carboxylic acids is 2. The molecule has 4 aromatic rings. The van der Waals surface area contributed by atoms with E-state index in [2.05, 4.69) is 10.6 Å². The van der Waals surface area contributed by atoms with E-state index in [4.69, 9.17) is 9.47 Å². The van der Waals surface area contributed by atoms with Crippen LogP contribution < -0.4 is 15.4 Å². The number of aliphatic carboxylic acids is 1. The third-order valence-electron chi connectivity index (χ3n) is 6.31. The van der Waals surface area contributed by atoms with Crippen molar-refractivity contribution >= 4 is 18.0 Å². The van der Waals surface area contributed by atoms with E-state index in [1.165, 1.54) is 0 Å². The highest BCUT2D eigenvalue weighted by Gasteiger charge is 2.27. The molecule has 0 aromatic heterocycles. The molecule has 3 N–H and O–H groups in total. The van der Waals surface area contributed by atoms with E-state index in [0.717, 1.165) is 16.7 Å². The van der Waals surface area contributed by atoms with Gasteiger partial charge in [-0.1, -0.05) is 103 Å². The number of hydrogen-bond donors (Lipinski definition) is 3. The molecule has 0 bridgehead atoms. The van der Waals surface area contributed by atoms with Crippen LogP contribution in [0, 0.1) is 0 Å². The normalized spacial score (nSPS) is 12.0. The molecule has 0 heterocycles. The van der Waals surface area contributed by atoms with Gasteiger partial charge in [0.2, 0.25) is 5.91 Å². The Morgan fingerprint density at radius 2 is 1.15 bits per heavy atom. The smallest absolute Gasteiger partial charge is 0.408 e. The second-order valence-corrected chi connectivity index (χ2v) is 9.47. The van der Waals surface area contributed by atoms with Crippen molar-refractivity contribution in [2.45, 2.75) is 38.1 Å². The van der Waals surface area contributed by atoms with Gasteiger partial charge in [-0.2, -0.15) is 0 Å². The highest BCUT2D eigenvalue weighted by molar-refractivity contribution is 5.89. The average molecular weight is 553 g/mol. The Morgan fingerprint density at radius 3 is 1.76 bits per heavy atom. The Labute approximate surface area is 238 Å². The summed E-state index contributed by atoms with van der Waals surface area (Å²) >= 11 is 0. The standard InChI is InChI=1S/C33H32N2O6/c36-31(29(20-24-11-4-1-5-12-24)35-33(39)41-23-26-15-8-3-9-16-26)34-30(32(37)38)21-27-17-10-18-28(19-27)40-22-25-13-6-2-7-14-25/h1-19,29-30H,20-23H2,(H,34,36)(H,35,39)(H,37,38)/t29-,30-/m0/s1. The molecule has 8 nitrogen and oxygen atoms in total. The van der Waals surface area contributed by atoms with E-state index in [1.807, 2.05) is 91.0 Å². The fourth-order valence-electron chi connectivity index (χ4n) is 4.18. The van der Waals surface area contributed by atoms with Gasteiger partial charge in [-0.3, -0.25) is 4.79 Å². The van der Waals surface area contributed by atoms with Crippen molar-refractivity contribution in [1.29, 1.82) is 0 Å². The molecule has 0 aliphatic rings. The quantitative estimate of drug-likeness (QED) is 0.217. The molecule has 4 rings (SSSR count). The molecule has 210 valence electrons. The third-order valence-corrected chi connectivity index (χ3v) is 6.31. The lowest BCUT2D eigenvalue weighted by Gasteiger charge is -2.22. The fourth-order valence-corrected chi connectivity index (χ4v) is 4.18. The van der Waals surface area contributed by atoms with Crippen molar-refractivity contribution in [2.75, 3.05) is 0 Å². The summed E-state index contributed by atoms with van der Waals surface area (Å²) in [5.74, 6) is -1.24. The maximum Gasteiger partial charge on any atom is 0.408 e. The van der Waals surface area contributed by atoms with Gasteiger partial charge in [-0.05, 0) is 34.4 Å². The van der Waals surface area contributed by atoms with Crippen LogP contribution in [0.2, 0.25) is 0 Å². The van der Waals surface area contributed by atoms with Crippen molar-refractivity contribution in [2.24, 2.45) is 0 Å². The molecule has 8 heteroatoms. The first-order valence-electron chi connectivity index (χ1n) is 13.3. The molecule has 2 atom stereocenters. The minimum Gasteiger partial charge on any atom is -0.489 e. The Kier molecular flexibility index (Phi) is 10.5. The lowest BCUT2D eigenvalue weighted by Crippen LogP contribution is -2.53. The minimum atomic E-state index is -1.23. The number of carbonyl (C=O) groups is 3. The summed E-state index contributed by atoms with van der Waals surface area (Å²) in [6, 6.07) is 32.8. The molecule has 0 saturated heterocycles. The first kappa shape index (κ1) is 28.9. The zero-order chi connectivity index (χ0) is 28.9. The van der Waals surface area contributed by atoms with Gasteiger partial charge >= 0.3 is 12.1 Å². The van der Waals surface area contributed by atoms with Crippen LogP contribution in [0.3, 0.4) is 0 Å². The molecule has 0 spiro atoms. The van der Waals surface area contributed by atoms with Gasteiger partial charge < -0.3 is 25.2 Å². The maximum absolute atomic E-state index is 13.3. The maximum atomic E-state index is 13.3. The van der Waals surface area contributed by atoms with Crippen molar-refractivity contribution in [3.05, 3.63) is 138 Å². The number of carboxylic acid groups (broad SMARTS) is 1. The van der Waals surface area contributed by atoms with E-state index in [9.17, 15) is 19.5 Å². The molecule has 0 radical (unpaired) electrons. The summed E-state index contributed by atoms with van der Waals surface area (Å²) in [4.78, 5) is 38.0. The number of benzene rings is 4. The molecule has 4 aromatic carbocycles. The monoisotopic (exact) mass is 552 g/mol. The Morgan fingerprint density at radius 1 is 0.610 bits per heavy atom. The first-order chi connectivity index (χ1) is 20.0. The van der Waals surface area contributed by atoms with Crippen LogP contribution in [0.15, 0.2) is 115 Å². The van der Waals surface area contributed by atoms with Crippen LogP contribution >= 0.6 is 0 Å². The van der Waals surface area contributed by atoms with Gasteiger partial charge in [0.25, 0.3) is 0 Å². The zero-order valence-corrected chi connectivity index (χ0v) is 22.4. The number of rotatable bonds is 13. The van der Waals surface area contributed by atoms with Crippen molar-refractivity contribution in [1.82, 2.24) is 10.6 Å². The average Bonchev–Trinajstić information content (AvgIpc) is 3.00. The predicted octanol–water partition coefficient (Wildman–Crippen LogP) is 4.92. The lowest BCUT2D eigenvalue weighted by atomic mass is 10.0. The second kappa shape index (κ2) is 14.9. The summed E-state index contributed by atoms with van der Waals surface area (Å²) < 4.78 is 11.2. The van der Waals surface area contributed by atoms with Gasteiger partial charge in [-0.15, -0.1) is 0 Å². The SMILES string of the molecule is O=C(N[C@@H](Cc1ccccc1)C(=O)N[C@@H](Cc1cccc(OCc2ccccc2)c1)C(=O)O)OCc1ccccc1. The van der Waals surface area contributed by atoms with Gasteiger partial charge in [0.05, 0.1) is 0 Å². The number of ether oxygens (including phenoxy) is 2. The molecule has 0 saturated carbocycles. The summed E-state index contributed by atoms with van der Waals surface area (Å²) in [6.45, 7) is 0.406. The van der Waals surface area contributed by atoms with E-state index < -0.39 is 30.1 Å². The molecule has 2 amide bonds. The lowest BCUT2D eigenvalue weighted by molar-refractivity contribution is -0.142. The zero-order valence-electron chi connectivity index (χ0n) is 22.4. The Hall–Kier alpha value is -5.11.